The SMILES string of the molecule is O=C1C2C3C=CC(C3)C2C(=O)N1N=Cc1cc(Cl)c(OCc2cccc3ccccc23)c(Cl)c1. The Hall–Kier alpha value is -3.15. The van der Waals surface area contributed by atoms with Gasteiger partial charge in [-0.3, -0.25) is 9.59 Å². The normalized spacial score (nSPS) is 25.2. The quantitative estimate of drug-likeness (QED) is 0.255. The molecule has 7 heteroatoms. The van der Waals surface area contributed by atoms with Crippen LogP contribution in [0.4, 0.5) is 0 Å². The molecule has 3 aromatic rings. The molecule has 0 radical (unpaired) electrons. The molecule has 2 fully saturated rings. The van der Waals surface area contributed by atoms with Crippen molar-refractivity contribution in [2.45, 2.75) is 13.0 Å². The van der Waals surface area contributed by atoms with Gasteiger partial charge in [0.2, 0.25) is 0 Å². The Balaban J connectivity index is 1.19. The minimum Gasteiger partial charge on any atom is -0.486 e. The number of halogens is 2. The summed E-state index contributed by atoms with van der Waals surface area (Å²) in [5, 5.41) is 8.10. The lowest BCUT2D eigenvalue weighted by molar-refractivity contribution is -0.140. The lowest BCUT2D eigenvalue weighted by Crippen LogP contribution is -2.28. The lowest BCUT2D eigenvalue weighted by Gasteiger charge is -2.13. The lowest BCUT2D eigenvalue weighted by atomic mass is 9.85. The number of nitrogens with zero attached hydrogens (tertiary/aromatic N) is 2. The number of allylic oxidation sites excluding steroid dienone is 2. The van der Waals surface area contributed by atoms with Gasteiger partial charge in [-0.1, -0.05) is 77.8 Å². The molecular formula is C27H20Cl2N2O3. The molecule has 2 aliphatic carbocycles. The van der Waals surface area contributed by atoms with Crippen LogP contribution in [0, 0.1) is 23.7 Å². The number of fused-ring (bicyclic) bond motifs is 6. The number of carbonyl (C=O) groups excluding carboxylic acids is 2. The predicted octanol–water partition coefficient (Wildman–Crippen LogP) is 5.87. The number of hydrazone groups is 1. The molecule has 2 bridgehead atoms. The van der Waals surface area contributed by atoms with Crippen molar-refractivity contribution < 1.29 is 14.3 Å². The Bertz CT molecular complexity index is 1340. The first-order valence-electron chi connectivity index (χ1n) is 11.2. The van der Waals surface area contributed by atoms with Crippen LogP contribution >= 0.6 is 23.2 Å². The number of hydrogen-bond donors (Lipinski definition) is 0. The van der Waals surface area contributed by atoms with E-state index in [0.29, 0.717) is 28.0 Å². The van der Waals surface area contributed by atoms with Crippen LogP contribution in [-0.4, -0.2) is 23.0 Å². The van der Waals surface area contributed by atoms with Crippen LogP contribution in [0.1, 0.15) is 17.5 Å². The first-order chi connectivity index (χ1) is 16.5. The summed E-state index contributed by atoms with van der Waals surface area (Å²) in [6.07, 6.45) is 6.44. The van der Waals surface area contributed by atoms with Gasteiger partial charge in [0.25, 0.3) is 11.8 Å². The number of amides is 2. The van der Waals surface area contributed by atoms with Crippen LogP contribution in [0.25, 0.3) is 10.8 Å². The van der Waals surface area contributed by atoms with Gasteiger partial charge in [0.05, 0.1) is 28.1 Å². The summed E-state index contributed by atoms with van der Waals surface area (Å²) in [7, 11) is 0. The van der Waals surface area contributed by atoms with E-state index in [9.17, 15) is 9.59 Å². The van der Waals surface area contributed by atoms with Crippen molar-refractivity contribution in [3.05, 3.63) is 87.9 Å². The van der Waals surface area contributed by atoms with Gasteiger partial charge in [-0.2, -0.15) is 10.1 Å². The molecule has 4 atom stereocenters. The van der Waals surface area contributed by atoms with E-state index in [4.69, 9.17) is 27.9 Å². The van der Waals surface area contributed by atoms with Crippen LogP contribution in [0.15, 0.2) is 71.9 Å². The van der Waals surface area contributed by atoms with Gasteiger partial charge in [-0.25, -0.2) is 0 Å². The van der Waals surface area contributed by atoms with Crippen molar-refractivity contribution in [3.8, 4) is 5.75 Å². The van der Waals surface area contributed by atoms with E-state index in [0.717, 1.165) is 27.8 Å². The van der Waals surface area contributed by atoms with Gasteiger partial charge in [0.1, 0.15) is 6.61 Å². The number of ether oxygens (including phenoxy) is 1. The average molecular weight is 491 g/mol. The first-order valence-corrected chi connectivity index (χ1v) is 12.0. The molecule has 1 heterocycles. The zero-order valence-electron chi connectivity index (χ0n) is 18.0. The summed E-state index contributed by atoms with van der Waals surface area (Å²) < 4.78 is 5.98. The minimum absolute atomic E-state index is 0.147. The van der Waals surface area contributed by atoms with Gasteiger partial charge in [-0.05, 0) is 52.3 Å². The van der Waals surface area contributed by atoms with E-state index in [1.165, 1.54) is 6.21 Å². The molecule has 0 N–H and O–H groups in total. The summed E-state index contributed by atoms with van der Waals surface area (Å²) in [6, 6.07) is 17.5. The van der Waals surface area contributed by atoms with Crippen molar-refractivity contribution in [1.82, 2.24) is 5.01 Å². The summed E-state index contributed by atoms with van der Waals surface area (Å²) in [5.74, 6) is -0.347. The molecule has 1 saturated carbocycles. The summed E-state index contributed by atoms with van der Waals surface area (Å²) >= 11 is 12.9. The highest BCUT2D eigenvalue weighted by atomic mass is 35.5. The van der Waals surface area contributed by atoms with Crippen LogP contribution in [0.5, 0.6) is 5.75 Å². The third kappa shape index (κ3) is 3.42. The fourth-order valence-corrected chi connectivity index (χ4v) is 6.10. The molecule has 34 heavy (non-hydrogen) atoms. The Morgan fingerprint density at radius 3 is 2.29 bits per heavy atom. The molecule has 1 aliphatic heterocycles. The van der Waals surface area contributed by atoms with Gasteiger partial charge in [0, 0.05) is 0 Å². The highest BCUT2D eigenvalue weighted by molar-refractivity contribution is 6.37. The zero-order valence-corrected chi connectivity index (χ0v) is 19.5. The van der Waals surface area contributed by atoms with Gasteiger partial charge >= 0.3 is 0 Å². The van der Waals surface area contributed by atoms with E-state index in [1.807, 2.05) is 30.3 Å². The summed E-state index contributed by atoms with van der Waals surface area (Å²) in [5.41, 5.74) is 1.60. The highest BCUT2D eigenvalue weighted by Crippen LogP contribution is 2.52. The van der Waals surface area contributed by atoms with Gasteiger partial charge < -0.3 is 4.74 Å². The Labute approximate surface area is 206 Å². The third-order valence-electron chi connectivity index (χ3n) is 7.04. The fourth-order valence-electron chi connectivity index (χ4n) is 5.48. The number of imide groups is 1. The molecule has 0 spiro atoms. The second kappa shape index (κ2) is 8.26. The topological polar surface area (TPSA) is 59.0 Å². The van der Waals surface area contributed by atoms with Crippen LogP contribution in [0.3, 0.4) is 0 Å². The van der Waals surface area contributed by atoms with Crippen LogP contribution in [-0.2, 0) is 16.2 Å². The van der Waals surface area contributed by atoms with E-state index < -0.39 is 0 Å². The maximum Gasteiger partial charge on any atom is 0.254 e. The number of rotatable bonds is 5. The van der Waals surface area contributed by atoms with E-state index in [2.05, 4.69) is 29.4 Å². The largest absolute Gasteiger partial charge is 0.486 e. The zero-order chi connectivity index (χ0) is 23.4. The monoisotopic (exact) mass is 490 g/mol. The van der Waals surface area contributed by atoms with Gasteiger partial charge in [-0.15, -0.1) is 0 Å². The number of hydrogen-bond acceptors (Lipinski definition) is 4. The molecule has 1 saturated heterocycles. The second-order valence-corrected chi connectivity index (χ2v) is 9.79. The van der Waals surface area contributed by atoms with E-state index in [-0.39, 0.29) is 35.5 Å². The van der Waals surface area contributed by atoms with Crippen molar-refractivity contribution in [2.75, 3.05) is 0 Å². The predicted molar refractivity (Wildman–Crippen MR) is 132 cm³/mol. The molecule has 2 amide bonds. The molecule has 3 aliphatic rings. The van der Waals surface area contributed by atoms with E-state index >= 15 is 0 Å². The molecule has 0 aromatic heterocycles. The molecule has 5 nitrogen and oxygen atoms in total. The third-order valence-corrected chi connectivity index (χ3v) is 7.60. The van der Waals surface area contributed by atoms with Crippen molar-refractivity contribution in [2.24, 2.45) is 28.8 Å². The molecular weight excluding hydrogens is 471 g/mol. The summed E-state index contributed by atoms with van der Waals surface area (Å²) in [4.78, 5) is 25.6. The maximum absolute atomic E-state index is 12.8. The number of benzene rings is 3. The van der Waals surface area contributed by atoms with Crippen molar-refractivity contribution >= 4 is 52.0 Å². The van der Waals surface area contributed by atoms with Crippen molar-refractivity contribution in [3.63, 3.8) is 0 Å². The standard InChI is InChI=1S/C27H20Cl2N2O3/c28-21-10-15(13-30-31-26(32)23-17-8-9-18(12-17)24(23)27(31)33)11-22(29)25(21)34-14-19-6-3-5-16-4-1-2-7-20(16)19/h1-11,13,17-18,23-24H,12,14H2. The van der Waals surface area contributed by atoms with E-state index in [1.54, 1.807) is 12.1 Å². The van der Waals surface area contributed by atoms with Crippen LogP contribution < -0.4 is 4.74 Å². The Morgan fingerprint density at radius 2 is 1.59 bits per heavy atom. The van der Waals surface area contributed by atoms with Crippen molar-refractivity contribution in [1.29, 1.82) is 0 Å². The van der Waals surface area contributed by atoms with Crippen LogP contribution in [0.2, 0.25) is 10.0 Å². The highest BCUT2D eigenvalue weighted by Gasteiger charge is 2.59. The maximum atomic E-state index is 12.8. The smallest absolute Gasteiger partial charge is 0.254 e. The number of carbonyl (C=O) groups is 2. The average Bonchev–Trinajstić information content (AvgIpc) is 3.51. The Kier molecular flexibility index (Phi) is 5.19. The molecule has 170 valence electrons. The second-order valence-electron chi connectivity index (χ2n) is 8.97. The Morgan fingerprint density at radius 1 is 0.941 bits per heavy atom. The summed E-state index contributed by atoms with van der Waals surface area (Å²) in [6.45, 7) is 0.310. The van der Waals surface area contributed by atoms with Gasteiger partial charge in [0.15, 0.2) is 5.75 Å². The first kappa shape index (κ1) is 21.4. The molecule has 4 unspecified atom stereocenters. The minimum atomic E-state index is -0.281. The molecule has 3 aromatic carbocycles. The fraction of sp³-hybridized carbons (Fsp3) is 0.222. The molecule has 6 rings (SSSR count).